The predicted octanol–water partition coefficient (Wildman–Crippen LogP) is 11.2. The van der Waals surface area contributed by atoms with Gasteiger partial charge in [0.2, 0.25) is 0 Å². The maximum absolute atomic E-state index is 15.6. The zero-order chi connectivity index (χ0) is 43.9. The first-order valence-corrected chi connectivity index (χ1v) is 20.7. The molecule has 0 spiro atoms. The van der Waals surface area contributed by atoms with Gasteiger partial charge in [-0.1, -0.05) is 49.7 Å². The molecule has 4 aromatic carbocycles. The number of morpholine rings is 1. The van der Waals surface area contributed by atoms with Gasteiger partial charge in [0.15, 0.2) is 0 Å². The number of pyridine rings is 3. The molecule has 0 radical (unpaired) electrons. The van der Waals surface area contributed by atoms with Crippen LogP contribution in [0.15, 0.2) is 85.1 Å². The van der Waals surface area contributed by atoms with E-state index < -0.39 is 23.3 Å². The molecule has 0 unspecified atom stereocenters. The number of fused-ring (bicyclic) bond motifs is 3. The predicted molar refractivity (Wildman–Crippen MR) is 237 cm³/mol. The first-order chi connectivity index (χ1) is 29.7. The zero-order valence-electron chi connectivity index (χ0n) is 35.4. The summed E-state index contributed by atoms with van der Waals surface area (Å²) in [7, 11) is 3.23. The third-order valence-corrected chi connectivity index (χ3v) is 12.1. The molecular formula is C49H46ClF4N5O3. The third-order valence-electron chi connectivity index (χ3n) is 11.6. The molecule has 9 rings (SSSR count). The van der Waals surface area contributed by atoms with Crippen LogP contribution in [0.4, 0.5) is 34.6 Å². The summed E-state index contributed by atoms with van der Waals surface area (Å²) < 4.78 is 73.6. The number of nitrogens with zero attached hydrogens (tertiary/aromatic N) is 5. The Kier molecular flexibility index (Phi) is 12.0. The van der Waals surface area contributed by atoms with Crippen molar-refractivity contribution in [2.45, 2.75) is 46.0 Å². The minimum absolute atomic E-state index is 0.153. The van der Waals surface area contributed by atoms with Gasteiger partial charge in [-0.05, 0) is 66.4 Å². The van der Waals surface area contributed by atoms with Gasteiger partial charge >= 0.3 is 0 Å². The molecule has 2 aliphatic rings. The van der Waals surface area contributed by atoms with E-state index in [1.807, 2.05) is 61.7 Å². The minimum Gasteiger partial charge on any atom is -0.497 e. The normalized spacial score (nSPS) is 14.5. The highest BCUT2D eigenvalue weighted by Crippen LogP contribution is 2.48. The van der Waals surface area contributed by atoms with E-state index in [1.165, 1.54) is 12.1 Å². The van der Waals surface area contributed by atoms with Gasteiger partial charge in [0.05, 0.1) is 88.9 Å². The van der Waals surface area contributed by atoms with Crippen LogP contribution in [0.5, 0.6) is 11.5 Å². The average Bonchev–Trinajstić information content (AvgIpc) is 3.52. The molecule has 7 aromatic rings. The van der Waals surface area contributed by atoms with Gasteiger partial charge in [-0.3, -0.25) is 15.0 Å². The van der Waals surface area contributed by atoms with Gasteiger partial charge in [0.1, 0.15) is 34.8 Å². The van der Waals surface area contributed by atoms with E-state index in [1.54, 1.807) is 21.1 Å². The standard InChI is InChI=1S/C31H32F2N4O2.C18H14ClF2NO/c1-19-25(13-20-6-5-7-23(12-20)38-4)35-26-15-21(32)14-24(33)28(26)29(19)37-18-31(2,3)30-27(37)16-22(17-34-30)36-8-10-39-11-9-36;1-10-15(7-11-4-3-5-13(6-11)23-2)22-16-9-12(20)8-14(21)17(16)18(10)19/h5-7,12,14-17H,8-11,13,18H2,1-4H3;3-6,8-9H,7H2,1-2H3. The van der Waals surface area contributed by atoms with Crippen LogP contribution in [0.3, 0.4) is 0 Å². The molecule has 3 aromatic heterocycles. The first-order valence-electron chi connectivity index (χ1n) is 20.3. The largest absolute Gasteiger partial charge is 0.497 e. The molecular weight excluding hydrogens is 818 g/mol. The van der Waals surface area contributed by atoms with Crippen LogP contribution < -0.4 is 19.3 Å². The van der Waals surface area contributed by atoms with Gasteiger partial charge in [0.25, 0.3) is 0 Å². The van der Waals surface area contributed by atoms with Crippen molar-refractivity contribution in [2.24, 2.45) is 0 Å². The summed E-state index contributed by atoms with van der Waals surface area (Å²) in [5.41, 5.74) is 8.84. The van der Waals surface area contributed by atoms with E-state index in [9.17, 15) is 13.2 Å². The number of anilines is 3. The molecule has 5 heterocycles. The van der Waals surface area contributed by atoms with Crippen molar-refractivity contribution < 1.29 is 31.8 Å². The summed E-state index contributed by atoms with van der Waals surface area (Å²) in [5, 5.41) is 0.745. The number of hydrogen-bond donors (Lipinski definition) is 0. The second kappa shape index (κ2) is 17.4. The summed E-state index contributed by atoms with van der Waals surface area (Å²) in [6.07, 6.45) is 2.92. The number of aromatic nitrogens is 3. The van der Waals surface area contributed by atoms with E-state index in [0.717, 1.165) is 76.2 Å². The van der Waals surface area contributed by atoms with Crippen molar-refractivity contribution in [1.82, 2.24) is 15.0 Å². The Morgan fingerprint density at radius 2 is 1.27 bits per heavy atom. The molecule has 13 heteroatoms. The molecule has 0 amide bonds. The Labute approximate surface area is 363 Å². The summed E-state index contributed by atoms with van der Waals surface area (Å²) in [6.45, 7) is 11.6. The Morgan fingerprint density at radius 3 is 1.85 bits per heavy atom. The number of rotatable bonds is 8. The lowest BCUT2D eigenvalue weighted by atomic mass is 9.91. The first kappa shape index (κ1) is 42.7. The van der Waals surface area contributed by atoms with E-state index in [4.69, 9.17) is 35.8 Å². The third kappa shape index (κ3) is 8.45. The van der Waals surface area contributed by atoms with Crippen LogP contribution in [0, 0.1) is 37.1 Å². The lowest BCUT2D eigenvalue weighted by molar-refractivity contribution is 0.122. The Morgan fingerprint density at radius 1 is 0.726 bits per heavy atom. The Balaban J connectivity index is 0.000000196. The fourth-order valence-corrected chi connectivity index (χ4v) is 8.69. The van der Waals surface area contributed by atoms with Crippen LogP contribution >= 0.6 is 11.6 Å². The zero-order valence-corrected chi connectivity index (χ0v) is 36.1. The molecule has 2 aliphatic heterocycles. The van der Waals surface area contributed by atoms with Crippen molar-refractivity contribution in [1.29, 1.82) is 0 Å². The van der Waals surface area contributed by atoms with Gasteiger partial charge < -0.3 is 24.0 Å². The van der Waals surface area contributed by atoms with Gasteiger partial charge in [-0.25, -0.2) is 17.6 Å². The minimum atomic E-state index is -0.700. The second-order valence-electron chi connectivity index (χ2n) is 16.3. The Hall–Kier alpha value is -5.98. The maximum atomic E-state index is 15.6. The average molecular weight is 864 g/mol. The summed E-state index contributed by atoms with van der Waals surface area (Å²) in [4.78, 5) is 18.5. The van der Waals surface area contributed by atoms with E-state index in [-0.39, 0.29) is 21.3 Å². The van der Waals surface area contributed by atoms with Gasteiger partial charge in [-0.2, -0.15) is 0 Å². The summed E-state index contributed by atoms with van der Waals surface area (Å²) in [5.74, 6) is -1.15. The van der Waals surface area contributed by atoms with Crippen LogP contribution in [0.1, 0.15) is 53.2 Å². The number of hydrogen-bond acceptors (Lipinski definition) is 8. The molecule has 0 bridgehead atoms. The number of benzene rings is 4. The lowest BCUT2D eigenvalue weighted by Gasteiger charge is -2.30. The summed E-state index contributed by atoms with van der Waals surface area (Å²) in [6, 6.07) is 21.8. The van der Waals surface area contributed by atoms with E-state index in [0.29, 0.717) is 60.4 Å². The van der Waals surface area contributed by atoms with E-state index >= 15 is 4.39 Å². The number of ether oxygens (including phenoxy) is 3. The SMILES string of the molecule is COc1cccc(Cc2nc3cc(F)cc(F)c3c(Cl)c2C)c1.COc1cccc(Cc2nc3cc(F)cc(F)c3c(N3CC(C)(C)c4ncc(N5CCOCC5)cc43)c2C)c1. The van der Waals surface area contributed by atoms with E-state index in [2.05, 4.69) is 34.7 Å². The van der Waals surface area contributed by atoms with Gasteiger partial charge in [0, 0.05) is 67.9 Å². The van der Waals surface area contributed by atoms with Gasteiger partial charge in [-0.15, -0.1) is 0 Å². The highest BCUT2D eigenvalue weighted by molar-refractivity contribution is 6.36. The molecule has 62 heavy (non-hydrogen) atoms. The van der Waals surface area contributed by atoms with Crippen LogP contribution in [0.25, 0.3) is 21.8 Å². The van der Waals surface area contributed by atoms with Crippen LogP contribution in [-0.4, -0.2) is 62.0 Å². The molecule has 0 atom stereocenters. The highest BCUT2D eigenvalue weighted by atomic mass is 35.5. The van der Waals surface area contributed by atoms with Crippen molar-refractivity contribution in [3.63, 3.8) is 0 Å². The molecule has 0 N–H and O–H groups in total. The second-order valence-corrected chi connectivity index (χ2v) is 16.7. The fourth-order valence-electron chi connectivity index (χ4n) is 8.40. The summed E-state index contributed by atoms with van der Waals surface area (Å²) >= 11 is 6.29. The van der Waals surface area contributed by atoms with Crippen molar-refractivity contribution in [2.75, 3.05) is 56.9 Å². The number of methoxy groups -OCH3 is 2. The molecule has 8 nitrogen and oxygen atoms in total. The monoisotopic (exact) mass is 863 g/mol. The van der Waals surface area contributed by atoms with Crippen molar-refractivity contribution in [3.8, 4) is 11.5 Å². The van der Waals surface area contributed by atoms with Crippen molar-refractivity contribution >= 4 is 50.5 Å². The quantitative estimate of drug-likeness (QED) is 0.140. The van der Waals surface area contributed by atoms with Crippen molar-refractivity contribution in [3.05, 3.63) is 153 Å². The maximum Gasteiger partial charge on any atom is 0.137 e. The molecule has 1 fully saturated rings. The van der Waals surface area contributed by atoms with Crippen LogP contribution in [-0.2, 0) is 23.0 Å². The highest BCUT2D eigenvalue weighted by Gasteiger charge is 2.40. The fraction of sp³-hybridized carbons (Fsp3) is 0.286. The van der Waals surface area contributed by atoms with Crippen LogP contribution in [0.2, 0.25) is 5.02 Å². The molecule has 320 valence electrons. The smallest absolute Gasteiger partial charge is 0.137 e. The molecule has 0 aliphatic carbocycles. The Bertz CT molecular complexity index is 2830. The molecule has 0 saturated carbocycles. The topological polar surface area (TPSA) is 72.8 Å². The molecule has 1 saturated heterocycles. The lowest BCUT2D eigenvalue weighted by Crippen LogP contribution is -2.36. The number of halogens is 5.